The number of rotatable bonds is 2. The van der Waals surface area contributed by atoms with Gasteiger partial charge in [0.05, 0.1) is 6.54 Å². The van der Waals surface area contributed by atoms with Crippen molar-refractivity contribution in [2.45, 2.75) is 44.2 Å². The van der Waals surface area contributed by atoms with Crippen molar-refractivity contribution in [2.24, 2.45) is 11.5 Å². The average molecular weight is 196 g/mol. The van der Waals surface area contributed by atoms with Gasteiger partial charge in [-0.1, -0.05) is 5.16 Å². The molecule has 5 nitrogen and oxygen atoms in total. The quantitative estimate of drug-likeness (QED) is 0.719. The summed E-state index contributed by atoms with van der Waals surface area (Å²) in [5.74, 6) is 1.72. The lowest BCUT2D eigenvalue weighted by atomic mass is 9.86. The summed E-state index contributed by atoms with van der Waals surface area (Å²) in [6.07, 6.45) is 4.19. The first-order valence-electron chi connectivity index (χ1n) is 5.07. The number of hydrogen-bond donors (Lipinski definition) is 2. The lowest BCUT2D eigenvalue weighted by Crippen LogP contribution is -2.25. The van der Waals surface area contributed by atoms with Crippen LogP contribution in [0.4, 0.5) is 0 Å². The Bertz CT molecular complexity index is 291. The molecule has 1 heterocycles. The normalized spacial score (nSPS) is 27.9. The zero-order valence-corrected chi connectivity index (χ0v) is 8.15. The second-order valence-electron chi connectivity index (χ2n) is 3.86. The van der Waals surface area contributed by atoms with Crippen LogP contribution in [-0.2, 0) is 6.54 Å². The predicted octanol–water partition coefficient (Wildman–Crippen LogP) is 0.513. The molecule has 14 heavy (non-hydrogen) atoms. The molecule has 1 aromatic rings. The lowest BCUT2D eigenvalue weighted by Gasteiger charge is -2.22. The Morgan fingerprint density at radius 2 is 2.00 bits per heavy atom. The first-order valence-corrected chi connectivity index (χ1v) is 5.07. The van der Waals surface area contributed by atoms with Crippen LogP contribution < -0.4 is 11.5 Å². The van der Waals surface area contributed by atoms with Crippen molar-refractivity contribution in [3.63, 3.8) is 0 Å². The van der Waals surface area contributed by atoms with E-state index in [4.69, 9.17) is 16.0 Å². The topological polar surface area (TPSA) is 91.0 Å². The summed E-state index contributed by atoms with van der Waals surface area (Å²) in [7, 11) is 0. The van der Waals surface area contributed by atoms with Crippen LogP contribution in [-0.4, -0.2) is 16.2 Å². The van der Waals surface area contributed by atoms with Crippen LogP contribution in [0.3, 0.4) is 0 Å². The van der Waals surface area contributed by atoms with E-state index in [0.717, 1.165) is 31.6 Å². The van der Waals surface area contributed by atoms with Crippen LogP contribution in [0.25, 0.3) is 0 Å². The molecular formula is C9H16N4O. The Balaban J connectivity index is 2.01. The SMILES string of the molecule is NCc1noc(C2CCC(N)CC2)n1. The van der Waals surface area contributed by atoms with Crippen molar-refractivity contribution in [2.75, 3.05) is 0 Å². The minimum atomic E-state index is 0.343. The molecule has 0 aromatic carbocycles. The van der Waals surface area contributed by atoms with Crippen molar-refractivity contribution in [3.8, 4) is 0 Å². The highest BCUT2D eigenvalue weighted by Crippen LogP contribution is 2.30. The van der Waals surface area contributed by atoms with Gasteiger partial charge in [0.15, 0.2) is 5.82 Å². The molecule has 1 fully saturated rings. The fraction of sp³-hybridized carbons (Fsp3) is 0.778. The average Bonchev–Trinajstić information content (AvgIpc) is 2.67. The summed E-state index contributed by atoms with van der Waals surface area (Å²) in [6, 6.07) is 0.350. The third-order valence-corrected chi connectivity index (χ3v) is 2.79. The van der Waals surface area contributed by atoms with Crippen LogP contribution in [0, 0.1) is 0 Å². The number of nitrogens with zero attached hydrogens (tertiary/aromatic N) is 2. The number of nitrogens with two attached hydrogens (primary N) is 2. The summed E-state index contributed by atoms with van der Waals surface area (Å²) in [5.41, 5.74) is 11.2. The van der Waals surface area contributed by atoms with E-state index in [1.807, 2.05) is 0 Å². The smallest absolute Gasteiger partial charge is 0.229 e. The van der Waals surface area contributed by atoms with Gasteiger partial charge in [-0.25, -0.2) is 0 Å². The predicted molar refractivity (Wildman–Crippen MR) is 51.4 cm³/mol. The van der Waals surface area contributed by atoms with E-state index in [0.29, 0.717) is 24.3 Å². The first kappa shape index (κ1) is 9.61. The second kappa shape index (κ2) is 4.06. The molecule has 1 aliphatic rings. The summed E-state index contributed by atoms with van der Waals surface area (Å²) < 4.78 is 5.15. The van der Waals surface area contributed by atoms with Crippen LogP contribution in [0.5, 0.6) is 0 Å². The summed E-state index contributed by atoms with van der Waals surface area (Å²) in [5, 5.41) is 3.79. The minimum absolute atomic E-state index is 0.343. The Morgan fingerprint density at radius 1 is 1.29 bits per heavy atom. The van der Waals surface area contributed by atoms with Gasteiger partial charge >= 0.3 is 0 Å². The van der Waals surface area contributed by atoms with Crippen LogP contribution >= 0.6 is 0 Å². The van der Waals surface area contributed by atoms with E-state index in [9.17, 15) is 0 Å². The zero-order valence-electron chi connectivity index (χ0n) is 8.15. The van der Waals surface area contributed by atoms with Crippen molar-refractivity contribution in [1.29, 1.82) is 0 Å². The second-order valence-corrected chi connectivity index (χ2v) is 3.86. The van der Waals surface area contributed by atoms with E-state index in [-0.39, 0.29) is 0 Å². The zero-order chi connectivity index (χ0) is 9.97. The van der Waals surface area contributed by atoms with Crippen molar-refractivity contribution in [3.05, 3.63) is 11.7 Å². The summed E-state index contributed by atoms with van der Waals surface area (Å²) in [6.45, 7) is 0.343. The molecular weight excluding hydrogens is 180 g/mol. The monoisotopic (exact) mass is 196 g/mol. The van der Waals surface area contributed by atoms with Crippen molar-refractivity contribution in [1.82, 2.24) is 10.1 Å². The molecule has 0 radical (unpaired) electrons. The van der Waals surface area contributed by atoms with Gasteiger partial charge in [-0.15, -0.1) is 0 Å². The van der Waals surface area contributed by atoms with Gasteiger partial charge in [-0.2, -0.15) is 4.98 Å². The Morgan fingerprint density at radius 3 is 2.57 bits per heavy atom. The molecule has 0 spiro atoms. The lowest BCUT2D eigenvalue weighted by molar-refractivity contribution is 0.300. The van der Waals surface area contributed by atoms with Gasteiger partial charge < -0.3 is 16.0 Å². The molecule has 1 aromatic heterocycles. The van der Waals surface area contributed by atoms with E-state index < -0.39 is 0 Å². The maximum Gasteiger partial charge on any atom is 0.229 e. The third kappa shape index (κ3) is 1.93. The molecule has 0 unspecified atom stereocenters. The van der Waals surface area contributed by atoms with E-state index >= 15 is 0 Å². The molecule has 1 aliphatic carbocycles. The largest absolute Gasteiger partial charge is 0.339 e. The molecule has 78 valence electrons. The molecule has 0 atom stereocenters. The molecule has 0 bridgehead atoms. The summed E-state index contributed by atoms with van der Waals surface area (Å²) >= 11 is 0. The Hall–Kier alpha value is -0.940. The van der Waals surface area contributed by atoms with E-state index in [1.54, 1.807) is 0 Å². The van der Waals surface area contributed by atoms with Gasteiger partial charge in [0.2, 0.25) is 5.89 Å². The molecule has 0 amide bonds. The van der Waals surface area contributed by atoms with E-state index in [2.05, 4.69) is 10.1 Å². The minimum Gasteiger partial charge on any atom is -0.339 e. The number of hydrogen-bond acceptors (Lipinski definition) is 5. The van der Waals surface area contributed by atoms with Crippen LogP contribution in [0.1, 0.15) is 43.3 Å². The highest BCUT2D eigenvalue weighted by Gasteiger charge is 2.24. The standard InChI is InChI=1S/C9H16N4O/c10-5-8-12-9(14-13-8)6-1-3-7(11)4-2-6/h6-7H,1-5,10-11H2. The fourth-order valence-electron chi connectivity index (χ4n) is 1.88. The number of aromatic nitrogens is 2. The van der Waals surface area contributed by atoms with Crippen molar-refractivity contribution < 1.29 is 4.52 Å². The molecule has 1 saturated carbocycles. The molecule has 5 heteroatoms. The molecule has 2 rings (SSSR count). The highest BCUT2D eigenvalue weighted by atomic mass is 16.5. The van der Waals surface area contributed by atoms with Gasteiger partial charge in [0.25, 0.3) is 0 Å². The molecule has 4 N–H and O–H groups in total. The van der Waals surface area contributed by atoms with Gasteiger partial charge in [-0.05, 0) is 25.7 Å². The Labute approximate surface area is 82.8 Å². The molecule has 0 saturated heterocycles. The maximum atomic E-state index is 5.82. The van der Waals surface area contributed by atoms with Crippen molar-refractivity contribution >= 4 is 0 Å². The van der Waals surface area contributed by atoms with Gasteiger partial charge in [0.1, 0.15) is 0 Å². The summed E-state index contributed by atoms with van der Waals surface area (Å²) in [4.78, 5) is 4.23. The maximum absolute atomic E-state index is 5.82. The van der Waals surface area contributed by atoms with Crippen LogP contribution in [0.15, 0.2) is 4.52 Å². The highest BCUT2D eigenvalue weighted by molar-refractivity contribution is 4.96. The molecule has 0 aliphatic heterocycles. The third-order valence-electron chi connectivity index (χ3n) is 2.79. The Kier molecular flexibility index (Phi) is 2.79. The van der Waals surface area contributed by atoms with Gasteiger partial charge in [-0.3, -0.25) is 0 Å². The first-order chi connectivity index (χ1) is 6.79. The van der Waals surface area contributed by atoms with Gasteiger partial charge in [0, 0.05) is 12.0 Å². The fourth-order valence-corrected chi connectivity index (χ4v) is 1.88. The van der Waals surface area contributed by atoms with E-state index in [1.165, 1.54) is 0 Å². The van der Waals surface area contributed by atoms with Crippen LogP contribution in [0.2, 0.25) is 0 Å².